The van der Waals surface area contributed by atoms with E-state index in [2.05, 4.69) is 204 Å². The van der Waals surface area contributed by atoms with Crippen LogP contribution in [0, 0.1) is 0 Å². The molecule has 2 heterocycles. The van der Waals surface area contributed by atoms with E-state index in [9.17, 15) is 0 Å². The zero-order valence-corrected chi connectivity index (χ0v) is 32.3. The van der Waals surface area contributed by atoms with E-state index in [1.165, 1.54) is 87.7 Å². The fraction of sp³-hybridized carbons (Fsp3) is 0.160. The molecule has 0 saturated carbocycles. The Bertz CT molecular complexity index is 2470. The highest BCUT2D eigenvalue weighted by Gasteiger charge is 2.43. The second-order valence-electron chi connectivity index (χ2n) is 16.6. The summed E-state index contributed by atoms with van der Waals surface area (Å²) in [6.07, 6.45) is 0. The van der Waals surface area contributed by atoms with Crippen LogP contribution >= 0.6 is 11.8 Å². The first-order valence-corrected chi connectivity index (χ1v) is 19.6. The molecule has 3 heteroatoms. The quantitative estimate of drug-likeness (QED) is 0.168. The predicted molar refractivity (Wildman–Crippen MR) is 230 cm³/mol. The molecule has 9 rings (SSSR count). The smallest absolute Gasteiger partial charge is 0.251 e. The van der Waals surface area contributed by atoms with Crippen molar-refractivity contribution in [3.63, 3.8) is 0 Å². The van der Waals surface area contributed by atoms with Crippen LogP contribution in [0.5, 0.6) is 0 Å². The van der Waals surface area contributed by atoms with Gasteiger partial charge in [-0.2, -0.15) is 0 Å². The molecule has 0 radical (unpaired) electrons. The van der Waals surface area contributed by atoms with Crippen LogP contribution in [-0.4, -0.2) is 6.71 Å². The third kappa shape index (κ3) is 5.83. The van der Waals surface area contributed by atoms with Gasteiger partial charge in [-0.05, 0) is 108 Å². The Hall–Kier alpha value is -5.25. The van der Waals surface area contributed by atoms with Crippen molar-refractivity contribution in [2.75, 3.05) is 4.90 Å². The molecule has 2 aliphatic heterocycles. The number of nitrogens with zero attached hydrogens (tertiary/aromatic N) is 1. The lowest BCUT2D eigenvalue weighted by Gasteiger charge is -2.42. The molecule has 0 N–H and O–H groups in total. The van der Waals surface area contributed by atoms with Crippen molar-refractivity contribution < 1.29 is 0 Å². The molecule has 53 heavy (non-hydrogen) atoms. The molecule has 2 aliphatic rings. The highest BCUT2D eigenvalue weighted by atomic mass is 32.2. The molecule has 0 saturated heterocycles. The van der Waals surface area contributed by atoms with Gasteiger partial charge >= 0.3 is 0 Å². The van der Waals surface area contributed by atoms with Crippen molar-refractivity contribution in [1.82, 2.24) is 0 Å². The first-order valence-electron chi connectivity index (χ1n) is 18.8. The van der Waals surface area contributed by atoms with E-state index in [-0.39, 0.29) is 17.5 Å². The summed E-state index contributed by atoms with van der Waals surface area (Å²) in [6, 6.07) is 59.2. The Morgan fingerprint density at radius 1 is 0.415 bits per heavy atom. The van der Waals surface area contributed by atoms with E-state index >= 15 is 0 Å². The van der Waals surface area contributed by atoms with E-state index in [0.717, 1.165) is 0 Å². The van der Waals surface area contributed by atoms with Crippen molar-refractivity contribution in [1.29, 1.82) is 0 Å². The first kappa shape index (κ1) is 33.6. The van der Waals surface area contributed by atoms with E-state index < -0.39 is 0 Å². The molecule has 0 aliphatic carbocycles. The van der Waals surface area contributed by atoms with Gasteiger partial charge in [0.2, 0.25) is 0 Å². The average molecular weight is 702 g/mol. The van der Waals surface area contributed by atoms with Crippen LogP contribution in [0.2, 0.25) is 0 Å². The van der Waals surface area contributed by atoms with Crippen LogP contribution in [-0.2, 0) is 10.8 Å². The maximum atomic E-state index is 2.55. The summed E-state index contributed by atoms with van der Waals surface area (Å²) in [5, 5.41) is 0. The summed E-state index contributed by atoms with van der Waals surface area (Å²) in [5.41, 5.74) is 18.2. The lowest BCUT2D eigenvalue weighted by molar-refractivity contribution is 0.590. The normalized spacial score (nSPS) is 13.3. The monoisotopic (exact) mass is 701 g/mol. The molecule has 258 valence electrons. The SMILES string of the molecule is CC(C)(C)c1ccc(-c2cc3c4c(c2)N(c2ccc(C(C)(C)C)cc2)c2cccc(-c5ccccc5)c2B4c2c(cccc2-c2ccccc2)S3)cc1. The summed E-state index contributed by atoms with van der Waals surface area (Å²) in [5.74, 6) is 0. The zero-order chi connectivity index (χ0) is 36.5. The third-order valence-corrected chi connectivity index (χ3v) is 12.2. The van der Waals surface area contributed by atoms with Gasteiger partial charge < -0.3 is 4.90 Å². The van der Waals surface area contributed by atoms with Crippen molar-refractivity contribution in [2.45, 2.75) is 62.2 Å². The highest BCUT2D eigenvalue weighted by molar-refractivity contribution is 8.00. The number of fused-ring (bicyclic) bond motifs is 4. The largest absolute Gasteiger partial charge is 0.311 e. The van der Waals surface area contributed by atoms with Gasteiger partial charge in [-0.3, -0.25) is 0 Å². The number of hydrogen-bond acceptors (Lipinski definition) is 2. The molecular weight excluding hydrogens is 657 g/mol. The van der Waals surface area contributed by atoms with Gasteiger partial charge in [-0.15, -0.1) is 0 Å². The Balaban J connectivity index is 1.36. The molecule has 0 amide bonds. The minimum Gasteiger partial charge on any atom is -0.311 e. The van der Waals surface area contributed by atoms with Crippen LogP contribution < -0.4 is 21.3 Å². The number of anilines is 3. The minimum absolute atomic E-state index is 0.0430. The van der Waals surface area contributed by atoms with E-state index in [1.54, 1.807) is 0 Å². The molecule has 7 aromatic rings. The maximum absolute atomic E-state index is 2.55. The van der Waals surface area contributed by atoms with Gasteiger partial charge in [0.25, 0.3) is 6.71 Å². The lowest BCUT2D eigenvalue weighted by atomic mass is 9.33. The highest BCUT2D eigenvalue weighted by Crippen LogP contribution is 2.46. The van der Waals surface area contributed by atoms with Gasteiger partial charge in [-0.25, -0.2) is 0 Å². The average Bonchev–Trinajstić information content (AvgIpc) is 3.17. The molecular formula is C50H44BNS. The zero-order valence-electron chi connectivity index (χ0n) is 31.4. The Labute approximate surface area is 319 Å². The first-order chi connectivity index (χ1) is 25.6. The van der Waals surface area contributed by atoms with E-state index in [4.69, 9.17) is 0 Å². The molecule has 0 unspecified atom stereocenters. The molecule has 0 fully saturated rings. The minimum atomic E-state index is 0.0430. The Kier molecular flexibility index (Phi) is 8.05. The Morgan fingerprint density at radius 2 is 0.962 bits per heavy atom. The molecule has 0 atom stereocenters. The molecule has 0 bridgehead atoms. The number of rotatable bonds is 4. The van der Waals surface area contributed by atoms with Crippen molar-refractivity contribution >= 4 is 51.9 Å². The lowest BCUT2D eigenvalue weighted by Crippen LogP contribution is -2.60. The van der Waals surface area contributed by atoms with Crippen molar-refractivity contribution in [3.8, 4) is 33.4 Å². The second kappa shape index (κ2) is 12.7. The van der Waals surface area contributed by atoms with Gasteiger partial charge in [0.1, 0.15) is 0 Å². The maximum Gasteiger partial charge on any atom is 0.251 e. The van der Waals surface area contributed by atoms with Crippen LogP contribution in [0.3, 0.4) is 0 Å². The number of benzene rings is 7. The molecule has 7 aromatic carbocycles. The van der Waals surface area contributed by atoms with Crippen LogP contribution in [0.1, 0.15) is 52.7 Å². The van der Waals surface area contributed by atoms with Gasteiger partial charge in [0.15, 0.2) is 0 Å². The molecule has 0 aromatic heterocycles. The fourth-order valence-corrected chi connectivity index (χ4v) is 9.53. The van der Waals surface area contributed by atoms with Gasteiger partial charge in [0.05, 0.1) is 0 Å². The summed E-state index contributed by atoms with van der Waals surface area (Å²) in [6.45, 7) is 13.8. The van der Waals surface area contributed by atoms with E-state index in [0.29, 0.717) is 0 Å². The van der Waals surface area contributed by atoms with Gasteiger partial charge in [-0.1, -0.05) is 175 Å². The predicted octanol–water partition coefficient (Wildman–Crippen LogP) is 12.0. The van der Waals surface area contributed by atoms with Crippen molar-refractivity contribution in [3.05, 3.63) is 169 Å². The van der Waals surface area contributed by atoms with Crippen LogP contribution in [0.25, 0.3) is 33.4 Å². The summed E-state index contributed by atoms with van der Waals surface area (Å²) in [4.78, 5) is 5.20. The van der Waals surface area contributed by atoms with Crippen LogP contribution in [0.15, 0.2) is 168 Å². The third-order valence-electron chi connectivity index (χ3n) is 11.1. The summed E-state index contributed by atoms with van der Waals surface area (Å²) >= 11 is 1.93. The molecule has 0 spiro atoms. The Morgan fingerprint density at radius 3 is 1.55 bits per heavy atom. The summed E-state index contributed by atoms with van der Waals surface area (Å²) < 4.78 is 0. The standard InChI is InChI=1S/C50H44BNS/c1-49(2,3)37-25-23-33(24-26-37)36-31-43-48-45(32-36)53-44-22-14-20-41(35-17-11-8-12-18-35)47(44)51(48)46-40(34-15-9-7-10-16-34)19-13-21-42(46)52(43)39-29-27-38(28-30-39)50(4,5)6/h7-32H,1-6H3. The second-order valence-corrected chi connectivity index (χ2v) is 17.7. The topological polar surface area (TPSA) is 3.24 Å². The summed E-state index contributed by atoms with van der Waals surface area (Å²) in [7, 11) is 0. The van der Waals surface area contributed by atoms with E-state index in [1.807, 2.05) is 11.8 Å². The van der Waals surface area contributed by atoms with Crippen molar-refractivity contribution in [2.24, 2.45) is 0 Å². The molecule has 1 nitrogen and oxygen atoms in total. The van der Waals surface area contributed by atoms with Crippen LogP contribution in [0.4, 0.5) is 17.1 Å². The number of hydrogen-bond donors (Lipinski definition) is 0. The van der Waals surface area contributed by atoms with Gasteiger partial charge in [0, 0.05) is 26.9 Å². The fourth-order valence-electron chi connectivity index (χ4n) is 8.29.